The first-order valence-electron chi connectivity index (χ1n) is 6.40. The van der Waals surface area contributed by atoms with Crippen LogP contribution in [0.3, 0.4) is 0 Å². The molecule has 2 bridgehead atoms. The van der Waals surface area contributed by atoms with E-state index in [0.717, 1.165) is 28.4 Å². The van der Waals surface area contributed by atoms with Gasteiger partial charge in [0.1, 0.15) is 5.82 Å². The number of hydrogen-bond acceptors (Lipinski definition) is 2. The molecule has 0 aliphatic heterocycles. The van der Waals surface area contributed by atoms with Crippen LogP contribution in [-0.2, 0) is 0 Å². The maximum absolute atomic E-state index is 13.6. The molecular weight excluding hydrogens is 233 g/mol. The molecule has 17 heavy (non-hydrogen) atoms. The molecule has 3 rings (SSSR count). The number of anilines is 1. The van der Waals surface area contributed by atoms with E-state index < -0.39 is 0 Å². The summed E-state index contributed by atoms with van der Waals surface area (Å²) in [5.41, 5.74) is 6.05. The van der Waals surface area contributed by atoms with Crippen LogP contribution in [0, 0.1) is 23.6 Å². The lowest BCUT2D eigenvalue weighted by molar-refractivity contribution is 0.365. The molecule has 2 fully saturated rings. The molecule has 1 aromatic carbocycles. The van der Waals surface area contributed by atoms with Crippen molar-refractivity contribution in [3.05, 3.63) is 24.0 Å². The van der Waals surface area contributed by atoms with E-state index in [2.05, 4.69) is 0 Å². The number of rotatable bonds is 3. The number of fused-ring (bicyclic) bond motifs is 2. The monoisotopic (exact) mass is 251 g/mol. The number of benzene rings is 1. The summed E-state index contributed by atoms with van der Waals surface area (Å²) in [4.78, 5) is 0.752. The highest BCUT2D eigenvalue weighted by atomic mass is 32.2. The molecule has 2 N–H and O–H groups in total. The molecule has 0 radical (unpaired) electrons. The van der Waals surface area contributed by atoms with Gasteiger partial charge in [-0.15, -0.1) is 11.8 Å². The third kappa shape index (κ3) is 2.30. The topological polar surface area (TPSA) is 26.0 Å². The minimum absolute atomic E-state index is 0.168. The van der Waals surface area contributed by atoms with Gasteiger partial charge in [-0.05, 0) is 55.2 Å². The summed E-state index contributed by atoms with van der Waals surface area (Å²) >= 11 is 1.66. The predicted molar refractivity (Wildman–Crippen MR) is 70.5 cm³/mol. The highest BCUT2D eigenvalue weighted by Crippen LogP contribution is 2.49. The summed E-state index contributed by atoms with van der Waals surface area (Å²) in [6.07, 6.45) is 5.63. The Labute approximate surface area is 106 Å². The van der Waals surface area contributed by atoms with Gasteiger partial charge in [0, 0.05) is 16.3 Å². The molecule has 0 aromatic heterocycles. The summed E-state index contributed by atoms with van der Waals surface area (Å²) in [6, 6.07) is 5.01. The van der Waals surface area contributed by atoms with Crippen LogP contribution >= 0.6 is 11.8 Å². The van der Waals surface area contributed by atoms with Gasteiger partial charge in [-0.25, -0.2) is 4.39 Å². The Bertz CT molecular complexity index is 421. The molecule has 1 aromatic rings. The van der Waals surface area contributed by atoms with Crippen molar-refractivity contribution < 1.29 is 4.39 Å². The van der Waals surface area contributed by atoms with Crippen LogP contribution in [0.15, 0.2) is 23.1 Å². The lowest BCUT2D eigenvalue weighted by Crippen LogP contribution is -2.12. The molecule has 0 spiro atoms. The molecule has 1 nitrogen and oxygen atoms in total. The van der Waals surface area contributed by atoms with Gasteiger partial charge in [0.25, 0.3) is 0 Å². The quantitative estimate of drug-likeness (QED) is 0.650. The van der Waals surface area contributed by atoms with Crippen LogP contribution in [0.25, 0.3) is 0 Å². The second-order valence-electron chi connectivity index (χ2n) is 5.44. The molecular formula is C14H18FNS. The zero-order valence-corrected chi connectivity index (χ0v) is 10.7. The van der Waals surface area contributed by atoms with Crippen molar-refractivity contribution in [1.29, 1.82) is 0 Å². The van der Waals surface area contributed by atoms with Gasteiger partial charge in [-0.3, -0.25) is 0 Å². The van der Waals surface area contributed by atoms with E-state index in [-0.39, 0.29) is 5.82 Å². The maximum Gasteiger partial charge on any atom is 0.138 e. The molecule has 2 aliphatic rings. The number of nitrogens with two attached hydrogens (primary N) is 1. The summed E-state index contributed by atoms with van der Waals surface area (Å²) in [5.74, 6) is 3.61. The van der Waals surface area contributed by atoms with Crippen molar-refractivity contribution in [2.24, 2.45) is 17.8 Å². The van der Waals surface area contributed by atoms with Gasteiger partial charge in [-0.2, -0.15) is 0 Å². The Kier molecular flexibility index (Phi) is 3.03. The Hall–Kier alpha value is -0.700. The fourth-order valence-corrected chi connectivity index (χ4v) is 4.57. The average molecular weight is 251 g/mol. The highest BCUT2D eigenvalue weighted by molar-refractivity contribution is 7.99. The Morgan fingerprint density at radius 2 is 2.18 bits per heavy atom. The number of hydrogen-bond donors (Lipinski definition) is 1. The molecule has 3 atom stereocenters. The van der Waals surface area contributed by atoms with E-state index >= 15 is 0 Å². The van der Waals surface area contributed by atoms with E-state index in [1.165, 1.54) is 31.7 Å². The molecule has 3 unspecified atom stereocenters. The first-order valence-corrected chi connectivity index (χ1v) is 7.39. The first-order chi connectivity index (χ1) is 8.22. The standard InChI is InChI=1S/C14H18FNS/c15-13-7-12(16)3-4-14(13)17-8-11-6-9-1-2-10(11)5-9/h3-4,7,9-11H,1-2,5-6,8,16H2. The predicted octanol–water partition coefficient (Wildman–Crippen LogP) is 3.94. The van der Waals surface area contributed by atoms with Gasteiger partial charge < -0.3 is 5.73 Å². The molecule has 2 saturated carbocycles. The van der Waals surface area contributed by atoms with Gasteiger partial charge in [0.15, 0.2) is 0 Å². The largest absolute Gasteiger partial charge is 0.399 e. The van der Waals surface area contributed by atoms with Crippen molar-refractivity contribution in [3.8, 4) is 0 Å². The third-order valence-corrected chi connectivity index (χ3v) is 5.53. The second-order valence-corrected chi connectivity index (χ2v) is 6.50. The van der Waals surface area contributed by atoms with E-state index in [0.29, 0.717) is 5.69 Å². The van der Waals surface area contributed by atoms with Crippen LogP contribution < -0.4 is 5.73 Å². The maximum atomic E-state index is 13.6. The van der Waals surface area contributed by atoms with E-state index in [1.807, 2.05) is 6.07 Å². The zero-order chi connectivity index (χ0) is 11.8. The SMILES string of the molecule is Nc1ccc(SCC2CC3CCC2C3)c(F)c1. The Morgan fingerprint density at radius 1 is 1.29 bits per heavy atom. The van der Waals surface area contributed by atoms with E-state index in [1.54, 1.807) is 17.8 Å². The molecule has 0 heterocycles. The van der Waals surface area contributed by atoms with E-state index in [4.69, 9.17) is 5.73 Å². The van der Waals surface area contributed by atoms with Crippen molar-refractivity contribution in [2.75, 3.05) is 11.5 Å². The number of halogens is 1. The lowest BCUT2D eigenvalue weighted by atomic mass is 9.90. The minimum atomic E-state index is -0.168. The summed E-state index contributed by atoms with van der Waals surface area (Å²) < 4.78 is 13.6. The molecule has 2 aliphatic carbocycles. The summed E-state index contributed by atoms with van der Waals surface area (Å²) in [6.45, 7) is 0. The molecule has 92 valence electrons. The number of thioether (sulfide) groups is 1. The van der Waals surface area contributed by atoms with Crippen LogP contribution in [0.4, 0.5) is 10.1 Å². The highest BCUT2D eigenvalue weighted by Gasteiger charge is 2.39. The van der Waals surface area contributed by atoms with Crippen LogP contribution in [0.2, 0.25) is 0 Å². The van der Waals surface area contributed by atoms with Gasteiger partial charge in [-0.1, -0.05) is 6.42 Å². The Balaban J connectivity index is 1.60. The Morgan fingerprint density at radius 3 is 2.82 bits per heavy atom. The first kappa shape index (κ1) is 11.4. The van der Waals surface area contributed by atoms with Gasteiger partial charge >= 0.3 is 0 Å². The van der Waals surface area contributed by atoms with Crippen LogP contribution in [0.5, 0.6) is 0 Å². The minimum Gasteiger partial charge on any atom is -0.399 e. The fraction of sp³-hybridized carbons (Fsp3) is 0.571. The van der Waals surface area contributed by atoms with E-state index in [9.17, 15) is 4.39 Å². The van der Waals surface area contributed by atoms with Crippen molar-refractivity contribution in [2.45, 2.75) is 30.6 Å². The van der Waals surface area contributed by atoms with Crippen molar-refractivity contribution in [1.82, 2.24) is 0 Å². The fourth-order valence-electron chi connectivity index (χ4n) is 3.41. The normalized spacial score (nSPS) is 31.0. The molecule has 3 heteroatoms. The van der Waals surface area contributed by atoms with Gasteiger partial charge in [0.2, 0.25) is 0 Å². The molecule has 0 amide bonds. The van der Waals surface area contributed by atoms with Crippen LogP contribution in [-0.4, -0.2) is 5.75 Å². The van der Waals surface area contributed by atoms with Gasteiger partial charge in [0.05, 0.1) is 0 Å². The van der Waals surface area contributed by atoms with Crippen molar-refractivity contribution in [3.63, 3.8) is 0 Å². The smallest absolute Gasteiger partial charge is 0.138 e. The van der Waals surface area contributed by atoms with Crippen LogP contribution in [0.1, 0.15) is 25.7 Å². The third-order valence-electron chi connectivity index (χ3n) is 4.29. The zero-order valence-electron chi connectivity index (χ0n) is 9.86. The second kappa shape index (κ2) is 4.52. The summed E-state index contributed by atoms with van der Waals surface area (Å²) in [5, 5.41) is 0. The molecule has 0 saturated heterocycles. The van der Waals surface area contributed by atoms with Crippen molar-refractivity contribution >= 4 is 17.4 Å². The lowest BCUT2D eigenvalue weighted by Gasteiger charge is -2.21. The number of nitrogen functional groups attached to an aromatic ring is 1. The average Bonchev–Trinajstić information content (AvgIpc) is 2.89. The summed E-state index contributed by atoms with van der Waals surface area (Å²) in [7, 11) is 0.